The van der Waals surface area contributed by atoms with E-state index in [9.17, 15) is 9.18 Å². The van der Waals surface area contributed by atoms with Gasteiger partial charge in [0.1, 0.15) is 10.9 Å². The van der Waals surface area contributed by atoms with Crippen LogP contribution in [0.3, 0.4) is 0 Å². The summed E-state index contributed by atoms with van der Waals surface area (Å²) in [6.07, 6.45) is 1.71. The van der Waals surface area contributed by atoms with E-state index in [4.69, 9.17) is 5.41 Å². The molecule has 1 amide bonds. The minimum absolute atomic E-state index is 0.0369. The fraction of sp³-hybridized carbons (Fsp3) is 0.0714. The van der Waals surface area contributed by atoms with Gasteiger partial charge < -0.3 is 4.57 Å². The van der Waals surface area contributed by atoms with Gasteiger partial charge in [-0.2, -0.15) is 15.1 Å². The van der Waals surface area contributed by atoms with Crippen molar-refractivity contribution in [2.45, 2.75) is 13.8 Å². The summed E-state index contributed by atoms with van der Waals surface area (Å²) in [5.41, 5.74) is 4.70. The number of hydrazone groups is 1. The second-order valence-corrected chi connectivity index (χ2v) is 9.58. The van der Waals surface area contributed by atoms with Crippen LogP contribution in [0.5, 0.6) is 0 Å². The van der Waals surface area contributed by atoms with Crippen molar-refractivity contribution in [1.82, 2.24) is 9.58 Å². The first-order valence-electron chi connectivity index (χ1n) is 11.3. The molecule has 176 valence electrons. The zero-order valence-electron chi connectivity index (χ0n) is 19.5. The first-order valence-corrected chi connectivity index (χ1v) is 12.1. The Balaban J connectivity index is 1.36. The van der Waals surface area contributed by atoms with Gasteiger partial charge in [-0.15, -0.1) is 0 Å². The van der Waals surface area contributed by atoms with E-state index in [0.717, 1.165) is 28.0 Å². The Hall–Kier alpha value is -4.30. The van der Waals surface area contributed by atoms with Crippen molar-refractivity contribution in [3.63, 3.8) is 0 Å². The van der Waals surface area contributed by atoms with Crippen LogP contribution in [-0.2, 0) is 4.79 Å². The quantitative estimate of drug-likeness (QED) is 0.353. The Morgan fingerprint density at radius 2 is 1.72 bits per heavy atom. The molecule has 8 heteroatoms. The monoisotopic (exact) mass is 493 g/mol. The molecule has 0 saturated heterocycles. The Morgan fingerprint density at radius 3 is 2.50 bits per heavy atom. The number of amidine groups is 2. The number of benzene rings is 3. The number of nitrogens with zero attached hydrogens (tertiary/aromatic N) is 4. The van der Waals surface area contributed by atoms with E-state index >= 15 is 0 Å². The van der Waals surface area contributed by atoms with Gasteiger partial charge in [-0.1, -0.05) is 30.3 Å². The predicted molar refractivity (Wildman–Crippen MR) is 143 cm³/mol. The zero-order valence-corrected chi connectivity index (χ0v) is 20.3. The maximum atomic E-state index is 13.3. The summed E-state index contributed by atoms with van der Waals surface area (Å²) in [6.45, 7) is 4.02. The molecule has 1 aromatic heterocycles. The predicted octanol–water partition coefficient (Wildman–Crippen LogP) is 6.05. The van der Waals surface area contributed by atoms with Crippen molar-refractivity contribution in [2.75, 3.05) is 0 Å². The SMILES string of the molecule is Cc1cc(/C=C2\C(=N)N3N=C(c4ccc(F)cc4)SC3=NC2=O)c(C)n1-c1ccc2ccccc2c1. The van der Waals surface area contributed by atoms with Crippen molar-refractivity contribution in [1.29, 1.82) is 5.41 Å². The fourth-order valence-electron chi connectivity index (χ4n) is 4.50. The molecule has 0 bridgehead atoms. The molecule has 0 fully saturated rings. The third-order valence-electron chi connectivity index (χ3n) is 6.31. The maximum absolute atomic E-state index is 13.3. The lowest BCUT2D eigenvalue weighted by molar-refractivity contribution is -0.114. The largest absolute Gasteiger partial charge is 0.318 e. The number of hydrogen-bond donors (Lipinski definition) is 1. The molecule has 2 aliphatic rings. The lowest BCUT2D eigenvalue weighted by Gasteiger charge is -2.20. The summed E-state index contributed by atoms with van der Waals surface area (Å²) in [5, 5.41) is 17.7. The molecule has 6 rings (SSSR count). The second kappa shape index (κ2) is 8.42. The summed E-state index contributed by atoms with van der Waals surface area (Å²) in [6, 6.07) is 22.5. The molecule has 36 heavy (non-hydrogen) atoms. The Bertz CT molecular complexity index is 1680. The lowest BCUT2D eigenvalue weighted by Crippen LogP contribution is -2.35. The Morgan fingerprint density at radius 1 is 0.972 bits per heavy atom. The Labute approximate surface area is 211 Å². The molecule has 4 aromatic rings. The summed E-state index contributed by atoms with van der Waals surface area (Å²) in [7, 11) is 0. The molecular formula is C28H20FN5OS. The molecule has 0 radical (unpaired) electrons. The van der Waals surface area contributed by atoms with Gasteiger partial charge in [0.05, 0.1) is 5.57 Å². The fourth-order valence-corrected chi connectivity index (χ4v) is 5.40. The first-order chi connectivity index (χ1) is 17.4. The Kier molecular flexibility index (Phi) is 5.19. The first kappa shape index (κ1) is 22.2. The van der Waals surface area contributed by atoms with Crippen LogP contribution in [0.1, 0.15) is 22.5 Å². The van der Waals surface area contributed by atoms with Crippen molar-refractivity contribution in [3.05, 3.63) is 107 Å². The van der Waals surface area contributed by atoms with Crippen LogP contribution in [0.4, 0.5) is 4.39 Å². The highest BCUT2D eigenvalue weighted by atomic mass is 32.2. The number of halogens is 1. The number of aliphatic imine (C=N–C) groups is 1. The number of thioether (sulfide) groups is 1. The standard InChI is InChI=1S/C28H20FN5OS/c1-16-13-21(17(2)33(16)23-12-9-18-5-3-4-6-20(18)14-23)15-24-25(30)34-28(31-26(24)35)36-27(32-34)19-7-10-22(29)11-8-19/h3-15,30H,1-2H3/b24-15+,30-25?. The average Bonchev–Trinajstić information content (AvgIpc) is 3.42. The van der Waals surface area contributed by atoms with E-state index in [1.165, 1.54) is 34.3 Å². The topological polar surface area (TPSA) is 73.8 Å². The number of fused-ring (bicyclic) bond motifs is 2. The number of carbonyl (C=O) groups is 1. The van der Waals surface area contributed by atoms with Crippen LogP contribution in [0.25, 0.3) is 22.5 Å². The number of amides is 1. The van der Waals surface area contributed by atoms with Crippen molar-refractivity contribution >= 4 is 50.6 Å². The molecule has 2 aliphatic heterocycles. The van der Waals surface area contributed by atoms with Crippen LogP contribution in [-0.4, -0.2) is 31.5 Å². The van der Waals surface area contributed by atoms with Gasteiger partial charge in [0, 0.05) is 22.6 Å². The molecule has 1 N–H and O–H groups in total. The maximum Gasteiger partial charge on any atom is 0.283 e. The van der Waals surface area contributed by atoms with Gasteiger partial charge in [0.25, 0.3) is 5.91 Å². The van der Waals surface area contributed by atoms with Crippen molar-refractivity contribution in [3.8, 4) is 5.69 Å². The zero-order chi connectivity index (χ0) is 25.0. The number of carbonyl (C=O) groups excluding carboxylic acids is 1. The molecule has 0 spiro atoms. The highest BCUT2D eigenvalue weighted by Gasteiger charge is 2.36. The van der Waals surface area contributed by atoms with Crippen LogP contribution in [0, 0.1) is 25.1 Å². The molecule has 0 unspecified atom stereocenters. The van der Waals surface area contributed by atoms with Crippen molar-refractivity contribution < 1.29 is 9.18 Å². The minimum atomic E-state index is -0.482. The van der Waals surface area contributed by atoms with Gasteiger partial charge in [-0.25, -0.2) is 4.39 Å². The number of aromatic nitrogens is 1. The van der Waals surface area contributed by atoms with Crippen LogP contribution < -0.4 is 0 Å². The van der Waals surface area contributed by atoms with E-state index in [1.54, 1.807) is 18.2 Å². The summed E-state index contributed by atoms with van der Waals surface area (Å²) >= 11 is 1.19. The molecular weight excluding hydrogens is 473 g/mol. The smallest absolute Gasteiger partial charge is 0.283 e. The highest BCUT2D eigenvalue weighted by molar-refractivity contribution is 8.27. The molecule has 3 heterocycles. The van der Waals surface area contributed by atoms with Crippen LogP contribution in [0.15, 0.2) is 88.5 Å². The molecule has 0 atom stereocenters. The minimum Gasteiger partial charge on any atom is -0.318 e. The molecule has 3 aromatic carbocycles. The van der Waals surface area contributed by atoms with Crippen molar-refractivity contribution in [2.24, 2.45) is 10.1 Å². The normalized spacial score (nSPS) is 16.5. The lowest BCUT2D eigenvalue weighted by atomic mass is 10.1. The van der Waals surface area contributed by atoms with Gasteiger partial charge >= 0.3 is 0 Å². The van der Waals surface area contributed by atoms with Crippen LogP contribution >= 0.6 is 11.8 Å². The highest BCUT2D eigenvalue weighted by Crippen LogP contribution is 2.32. The third kappa shape index (κ3) is 3.67. The molecule has 0 saturated carbocycles. The number of aryl methyl sites for hydroxylation is 1. The molecule has 0 aliphatic carbocycles. The van der Waals surface area contributed by atoms with E-state index in [0.29, 0.717) is 15.8 Å². The van der Waals surface area contributed by atoms with Gasteiger partial charge in [-0.3, -0.25) is 10.2 Å². The summed E-state index contributed by atoms with van der Waals surface area (Å²) in [5.74, 6) is -0.859. The van der Waals surface area contributed by atoms with Gasteiger partial charge in [-0.05, 0) is 90.5 Å². The van der Waals surface area contributed by atoms with Gasteiger partial charge in [0.2, 0.25) is 5.17 Å². The number of rotatable bonds is 3. The summed E-state index contributed by atoms with van der Waals surface area (Å²) in [4.78, 5) is 17.1. The van der Waals surface area contributed by atoms with E-state index in [1.807, 2.05) is 32.0 Å². The summed E-state index contributed by atoms with van der Waals surface area (Å²) < 4.78 is 15.5. The van der Waals surface area contributed by atoms with E-state index < -0.39 is 5.91 Å². The van der Waals surface area contributed by atoms with Crippen LogP contribution in [0.2, 0.25) is 0 Å². The van der Waals surface area contributed by atoms with E-state index in [2.05, 4.69) is 45.0 Å². The third-order valence-corrected chi connectivity index (χ3v) is 7.26. The second-order valence-electron chi connectivity index (χ2n) is 8.63. The van der Waals surface area contributed by atoms with Gasteiger partial charge in [0.15, 0.2) is 5.84 Å². The van der Waals surface area contributed by atoms with E-state index in [-0.39, 0.29) is 17.2 Å². The average molecular weight is 494 g/mol. The number of hydrogen-bond acceptors (Lipinski definition) is 4. The molecule has 6 nitrogen and oxygen atoms in total. The number of nitrogens with one attached hydrogen (secondary N) is 1.